The predicted molar refractivity (Wildman–Crippen MR) is 127 cm³/mol. The van der Waals surface area contributed by atoms with E-state index >= 15 is 0 Å². The van der Waals surface area contributed by atoms with Crippen molar-refractivity contribution in [2.75, 3.05) is 25.7 Å². The number of anilines is 1. The number of nitrogens with zero attached hydrogens (tertiary/aromatic N) is 2. The number of carbonyl (C=O) groups excluding carboxylic acids is 1. The van der Waals surface area contributed by atoms with Crippen LogP contribution in [0.4, 0.5) is 5.13 Å². The minimum atomic E-state index is -0.214. The van der Waals surface area contributed by atoms with E-state index in [0.717, 1.165) is 21.5 Å². The van der Waals surface area contributed by atoms with Crippen LogP contribution < -0.4 is 19.1 Å². The lowest BCUT2D eigenvalue weighted by Crippen LogP contribution is -2.30. The molecule has 4 rings (SSSR count). The number of benzene rings is 3. The van der Waals surface area contributed by atoms with Crippen molar-refractivity contribution in [1.82, 2.24) is 4.98 Å². The third-order valence-corrected chi connectivity index (χ3v) is 6.00. The summed E-state index contributed by atoms with van der Waals surface area (Å²) in [5.41, 5.74) is 2.23. The molecule has 0 bridgehead atoms. The fourth-order valence-corrected chi connectivity index (χ4v) is 4.38. The molecule has 164 valence electrons. The van der Waals surface area contributed by atoms with Crippen molar-refractivity contribution in [3.8, 4) is 17.2 Å². The lowest BCUT2D eigenvalue weighted by atomic mass is 10.1. The van der Waals surface area contributed by atoms with E-state index in [1.807, 2.05) is 55.5 Å². The first kappa shape index (κ1) is 21.6. The molecule has 0 aliphatic carbocycles. The summed E-state index contributed by atoms with van der Waals surface area (Å²) in [4.78, 5) is 20.2. The number of amides is 1. The summed E-state index contributed by atoms with van der Waals surface area (Å²) in [6, 6.07) is 20.8. The van der Waals surface area contributed by atoms with Gasteiger partial charge in [-0.05, 0) is 48.9 Å². The molecule has 0 radical (unpaired) electrons. The highest BCUT2D eigenvalue weighted by Crippen LogP contribution is 2.34. The van der Waals surface area contributed by atoms with Gasteiger partial charge in [0, 0.05) is 0 Å². The summed E-state index contributed by atoms with van der Waals surface area (Å²) in [5, 5.41) is 0.604. The normalized spacial score (nSPS) is 10.7. The lowest BCUT2D eigenvalue weighted by molar-refractivity contribution is 0.0982. The number of hydrogen-bond donors (Lipinski definition) is 0. The van der Waals surface area contributed by atoms with Gasteiger partial charge >= 0.3 is 0 Å². The van der Waals surface area contributed by atoms with Gasteiger partial charge in [0.25, 0.3) is 5.91 Å². The fraction of sp³-hybridized carbons (Fsp3) is 0.200. The lowest BCUT2D eigenvalue weighted by Gasteiger charge is -2.21. The second kappa shape index (κ2) is 9.70. The van der Waals surface area contributed by atoms with Crippen LogP contribution in [0.2, 0.25) is 0 Å². The topological polar surface area (TPSA) is 60.9 Å². The highest BCUT2D eigenvalue weighted by Gasteiger charge is 2.25. The molecule has 1 amide bonds. The Morgan fingerprint density at radius 1 is 0.969 bits per heavy atom. The van der Waals surface area contributed by atoms with Crippen LogP contribution >= 0.6 is 11.3 Å². The third kappa shape index (κ3) is 4.53. The van der Waals surface area contributed by atoms with Gasteiger partial charge in [-0.15, -0.1) is 0 Å². The molecule has 0 unspecified atom stereocenters. The molecule has 0 fully saturated rings. The first-order chi connectivity index (χ1) is 15.6. The SMILES string of the molecule is CCOc1ccc2nc(N(Cc3ccccc3)C(=O)c3cc(OC)ccc3OC)sc2c1. The van der Waals surface area contributed by atoms with Crippen molar-refractivity contribution in [3.05, 3.63) is 77.9 Å². The Hall–Kier alpha value is -3.58. The van der Waals surface area contributed by atoms with E-state index in [-0.39, 0.29) is 5.91 Å². The van der Waals surface area contributed by atoms with Crippen LogP contribution in [0, 0.1) is 0 Å². The molecule has 0 spiro atoms. The second-order valence-electron chi connectivity index (χ2n) is 7.00. The van der Waals surface area contributed by atoms with Crippen molar-refractivity contribution in [1.29, 1.82) is 0 Å². The van der Waals surface area contributed by atoms with E-state index in [9.17, 15) is 4.79 Å². The van der Waals surface area contributed by atoms with Crippen LogP contribution in [-0.2, 0) is 6.54 Å². The van der Waals surface area contributed by atoms with E-state index in [1.165, 1.54) is 11.3 Å². The summed E-state index contributed by atoms with van der Waals surface area (Å²) in [5.74, 6) is 1.63. The zero-order chi connectivity index (χ0) is 22.5. The minimum Gasteiger partial charge on any atom is -0.497 e. The van der Waals surface area contributed by atoms with Crippen molar-refractivity contribution in [3.63, 3.8) is 0 Å². The Labute approximate surface area is 191 Å². The Morgan fingerprint density at radius 3 is 2.47 bits per heavy atom. The van der Waals surface area contributed by atoms with Crippen molar-refractivity contribution in [2.24, 2.45) is 0 Å². The number of rotatable bonds is 8. The zero-order valence-corrected chi connectivity index (χ0v) is 19.0. The van der Waals surface area contributed by atoms with Crippen molar-refractivity contribution in [2.45, 2.75) is 13.5 Å². The Morgan fingerprint density at radius 2 is 1.75 bits per heavy atom. The van der Waals surface area contributed by atoms with Crippen LogP contribution in [0.1, 0.15) is 22.8 Å². The molecule has 0 aliphatic rings. The van der Waals surface area contributed by atoms with Gasteiger partial charge < -0.3 is 14.2 Å². The Bertz CT molecular complexity index is 1220. The Balaban J connectivity index is 1.79. The zero-order valence-electron chi connectivity index (χ0n) is 18.2. The van der Waals surface area contributed by atoms with Crippen LogP contribution in [0.25, 0.3) is 10.2 Å². The first-order valence-corrected chi connectivity index (χ1v) is 11.1. The van der Waals surface area contributed by atoms with Crippen LogP contribution in [0.3, 0.4) is 0 Å². The van der Waals surface area contributed by atoms with Gasteiger partial charge in [-0.2, -0.15) is 0 Å². The number of ether oxygens (including phenoxy) is 3. The van der Waals surface area contributed by atoms with Gasteiger partial charge in [0.15, 0.2) is 5.13 Å². The maximum absolute atomic E-state index is 13.8. The molecule has 7 heteroatoms. The number of hydrogen-bond acceptors (Lipinski definition) is 6. The average Bonchev–Trinajstić information content (AvgIpc) is 3.25. The van der Waals surface area contributed by atoms with E-state index in [4.69, 9.17) is 19.2 Å². The third-order valence-electron chi connectivity index (χ3n) is 4.96. The molecule has 0 saturated carbocycles. The number of aromatic nitrogens is 1. The van der Waals surface area contributed by atoms with E-state index in [2.05, 4.69) is 0 Å². The average molecular weight is 449 g/mol. The fourth-order valence-electron chi connectivity index (χ4n) is 3.38. The standard InChI is InChI=1S/C25H24N2O4S/c1-4-31-19-10-12-21-23(15-19)32-25(26-21)27(16-17-8-6-5-7-9-17)24(28)20-14-18(29-2)11-13-22(20)30-3/h5-15H,4,16H2,1-3H3. The predicted octanol–water partition coefficient (Wildman–Crippen LogP) is 5.56. The molecule has 0 N–H and O–H groups in total. The monoisotopic (exact) mass is 448 g/mol. The summed E-state index contributed by atoms with van der Waals surface area (Å²) in [6.07, 6.45) is 0. The van der Waals surface area contributed by atoms with Crippen molar-refractivity contribution < 1.29 is 19.0 Å². The molecule has 6 nitrogen and oxygen atoms in total. The highest BCUT2D eigenvalue weighted by molar-refractivity contribution is 7.22. The van der Waals surface area contributed by atoms with Gasteiger partial charge in [-0.25, -0.2) is 4.98 Å². The Kier molecular flexibility index (Phi) is 6.56. The van der Waals surface area contributed by atoms with Gasteiger partial charge in [0.1, 0.15) is 17.2 Å². The van der Waals surface area contributed by atoms with Crippen LogP contribution in [-0.4, -0.2) is 31.7 Å². The molecule has 4 aromatic rings. The summed E-state index contributed by atoms with van der Waals surface area (Å²) in [7, 11) is 3.12. The van der Waals surface area contributed by atoms with E-state index in [1.54, 1.807) is 37.3 Å². The maximum atomic E-state index is 13.8. The summed E-state index contributed by atoms with van der Waals surface area (Å²) >= 11 is 1.45. The first-order valence-electron chi connectivity index (χ1n) is 10.2. The smallest absolute Gasteiger partial charge is 0.264 e. The molecule has 3 aromatic carbocycles. The van der Waals surface area contributed by atoms with Gasteiger partial charge in [0.05, 0.1) is 43.2 Å². The molecule has 32 heavy (non-hydrogen) atoms. The number of thiazole rings is 1. The number of methoxy groups -OCH3 is 2. The minimum absolute atomic E-state index is 0.214. The summed E-state index contributed by atoms with van der Waals surface area (Å²) < 4.78 is 17.4. The molecule has 1 aromatic heterocycles. The molecule has 0 atom stereocenters. The maximum Gasteiger partial charge on any atom is 0.264 e. The van der Waals surface area contributed by atoms with E-state index < -0.39 is 0 Å². The molecular weight excluding hydrogens is 424 g/mol. The second-order valence-corrected chi connectivity index (χ2v) is 8.01. The molecular formula is C25H24N2O4S. The number of fused-ring (bicyclic) bond motifs is 1. The van der Waals surface area contributed by atoms with Crippen molar-refractivity contribution >= 4 is 32.6 Å². The van der Waals surface area contributed by atoms with E-state index in [0.29, 0.717) is 35.3 Å². The number of carbonyl (C=O) groups is 1. The summed E-state index contributed by atoms with van der Waals surface area (Å²) in [6.45, 7) is 2.91. The van der Waals surface area contributed by atoms with Crippen LogP contribution in [0.5, 0.6) is 17.2 Å². The van der Waals surface area contributed by atoms with Gasteiger partial charge in [0.2, 0.25) is 0 Å². The largest absolute Gasteiger partial charge is 0.497 e. The molecule has 0 saturated heterocycles. The van der Waals surface area contributed by atoms with Gasteiger partial charge in [-0.1, -0.05) is 41.7 Å². The highest BCUT2D eigenvalue weighted by atomic mass is 32.1. The molecule has 0 aliphatic heterocycles. The molecule has 1 heterocycles. The van der Waals surface area contributed by atoms with Crippen LogP contribution in [0.15, 0.2) is 66.7 Å². The van der Waals surface area contributed by atoms with Gasteiger partial charge in [-0.3, -0.25) is 9.69 Å². The quantitative estimate of drug-likeness (QED) is 0.353.